The van der Waals surface area contributed by atoms with Gasteiger partial charge in [0.25, 0.3) is 5.91 Å². The molecule has 0 saturated carbocycles. The van der Waals surface area contributed by atoms with E-state index in [1.165, 1.54) is 6.33 Å². The Kier molecular flexibility index (Phi) is 5.27. The van der Waals surface area contributed by atoms with E-state index in [1.54, 1.807) is 12.1 Å². The van der Waals surface area contributed by atoms with E-state index in [2.05, 4.69) is 20.5 Å². The second-order valence-electron chi connectivity index (χ2n) is 5.46. The van der Waals surface area contributed by atoms with Gasteiger partial charge in [0.15, 0.2) is 5.82 Å². The first-order chi connectivity index (χ1) is 10.6. The van der Waals surface area contributed by atoms with Crippen molar-refractivity contribution < 1.29 is 9.90 Å². The molecule has 6 heteroatoms. The van der Waals surface area contributed by atoms with Crippen LogP contribution in [-0.2, 0) is 0 Å². The molecule has 22 heavy (non-hydrogen) atoms. The van der Waals surface area contributed by atoms with Gasteiger partial charge in [0, 0.05) is 23.1 Å². The van der Waals surface area contributed by atoms with Gasteiger partial charge in [0.05, 0.1) is 6.61 Å². The molecule has 3 N–H and O–H groups in total. The zero-order valence-electron chi connectivity index (χ0n) is 13.0. The van der Waals surface area contributed by atoms with Crippen molar-refractivity contribution in [3.63, 3.8) is 0 Å². The Morgan fingerprint density at radius 2 is 2.14 bits per heavy atom. The quantitative estimate of drug-likeness (QED) is 0.729. The number of hydrogen-bond donors (Lipinski definition) is 3. The molecule has 1 aromatic carbocycles. The lowest BCUT2D eigenvalue weighted by atomic mass is 9.83. The number of aromatic amines is 1. The number of benzene rings is 1. The van der Waals surface area contributed by atoms with Crippen LogP contribution in [0.3, 0.4) is 0 Å². The fourth-order valence-corrected chi connectivity index (χ4v) is 2.30. The number of nitrogens with one attached hydrogen (secondary N) is 2. The predicted molar refractivity (Wildman–Crippen MR) is 84.3 cm³/mol. The minimum absolute atomic E-state index is 0.0678. The molecule has 0 fully saturated rings. The van der Waals surface area contributed by atoms with E-state index in [1.807, 2.05) is 26.0 Å². The van der Waals surface area contributed by atoms with Crippen LogP contribution in [0.25, 0.3) is 11.4 Å². The summed E-state index contributed by atoms with van der Waals surface area (Å²) >= 11 is 0. The topological polar surface area (TPSA) is 90.9 Å². The van der Waals surface area contributed by atoms with Crippen LogP contribution in [0.1, 0.15) is 37.0 Å². The second-order valence-corrected chi connectivity index (χ2v) is 5.46. The maximum Gasteiger partial charge on any atom is 0.251 e. The summed E-state index contributed by atoms with van der Waals surface area (Å²) in [4.78, 5) is 16.4. The summed E-state index contributed by atoms with van der Waals surface area (Å²) in [5.74, 6) is 0.475. The second kappa shape index (κ2) is 7.17. The lowest BCUT2D eigenvalue weighted by Crippen LogP contribution is -2.39. The molecule has 2 aromatic rings. The van der Waals surface area contributed by atoms with Crippen LogP contribution in [0.2, 0.25) is 0 Å². The Hall–Kier alpha value is -2.21. The van der Waals surface area contributed by atoms with E-state index >= 15 is 0 Å². The predicted octanol–water partition coefficient (Wildman–Crippen LogP) is 2.00. The van der Waals surface area contributed by atoms with Gasteiger partial charge in [-0.15, -0.1) is 0 Å². The van der Waals surface area contributed by atoms with E-state index in [0.717, 1.165) is 18.4 Å². The highest BCUT2D eigenvalue weighted by Gasteiger charge is 2.26. The van der Waals surface area contributed by atoms with Crippen molar-refractivity contribution >= 4 is 5.91 Å². The summed E-state index contributed by atoms with van der Waals surface area (Å²) in [6.07, 6.45) is 3.07. The maximum absolute atomic E-state index is 12.3. The fraction of sp³-hybridized carbons (Fsp3) is 0.438. The molecule has 0 spiro atoms. The van der Waals surface area contributed by atoms with Crippen LogP contribution in [-0.4, -0.2) is 39.3 Å². The van der Waals surface area contributed by atoms with Crippen LogP contribution in [0.5, 0.6) is 0 Å². The summed E-state index contributed by atoms with van der Waals surface area (Å²) in [6.45, 7) is 4.58. The molecular formula is C16H22N4O2. The lowest BCUT2D eigenvalue weighted by Gasteiger charge is -2.29. The van der Waals surface area contributed by atoms with Crippen LogP contribution in [0.15, 0.2) is 30.6 Å². The largest absolute Gasteiger partial charge is 0.396 e. The number of H-pyrrole nitrogens is 1. The summed E-state index contributed by atoms with van der Waals surface area (Å²) in [5.41, 5.74) is 1.12. The molecule has 0 atom stereocenters. The SMILES string of the molecule is CCC(CC)(CO)CNC(=O)c1cccc(-c2ncn[nH]2)c1. The number of nitrogens with zero attached hydrogens (tertiary/aromatic N) is 2. The number of aliphatic hydroxyl groups is 1. The van der Waals surface area contributed by atoms with Gasteiger partial charge < -0.3 is 10.4 Å². The van der Waals surface area contributed by atoms with Crippen molar-refractivity contribution in [3.8, 4) is 11.4 Å². The van der Waals surface area contributed by atoms with Crippen molar-refractivity contribution in [1.29, 1.82) is 0 Å². The number of amides is 1. The van der Waals surface area contributed by atoms with Crippen molar-refractivity contribution in [2.45, 2.75) is 26.7 Å². The molecule has 0 radical (unpaired) electrons. The first-order valence-corrected chi connectivity index (χ1v) is 7.49. The van der Waals surface area contributed by atoms with E-state index in [0.29, 0.717) is 17.9 Å². The van der Waals surface area contributed by atoms with Gasteiger partial charge in [-0.25, -0.2) is 4.98 Å². The van der Waals surface area contributed by atoms with E-state index in [4.69, 9.17) is 0 Å². The highest BCUT2D eigenvalue weighted by Crippen LogP contribution is 2.24. The standard InChI is InChI=1S/C16H22N4O2/c1-3-16(4-2,10-21)9-17-15(22)13-7-5-6-12(8-13)14-18-11-19-20-14/h5-8,11,21H,3-4,9-10H2,1-2H3,(H,17,22)(H,18,19,20). The Balaban J connectivity index is 2.09. The molecular weight excluding hydrogens is 280 g/mol. The van der Waals surface area contributed by atoms with Gasteiger partial charge >= 0.3 is 0 Å². The average Bonchev–Trinajstić information content (AvgIpc) is 3.11. The molecule has 118 valence electrons. The van der Waals surface area contributed by atoms with Crippen molar-refractivity contribution in [2.75, 3.05) is 13.2 Å². The molecule has 6 nitrogen and oxygen atoms in total. The van der Waals surface area contributed by atoms with Crippen LogP contribution in [0, 0.1) is 5.41 Å². The Bertz CT molecular complexity index is 598. The first kappa shape index (κ1) is 16.2. The molecule has 2 rings (SSSR count). The third-order valence-corrected chi connectivity index (χ3v) is 4.27. The highest BCUT2D eigenvalue weighted by atomic mass is 16.3. The molecule has 0 bridgehead atoms. The molecule has 0 saturated heterocycles. The minimum atomic E-state index is -0.252. The van der Waals surface area contributed by atoms with Gasteiger partial charge in [-0.3, -0.25) is 9.89 Å². The third-order valence-electron chi connectivity index (χ3n) is 4.27. The molecule has 0 aliphatic carbocycles. The molecule has 0 aliphatic heterocycles. The van der Waals surface area contributed by atoms with Crippen LogP contribution in [0.4, 0.5) is 0 Å². The Labute approximate surface area is 130 Å². The number of carbonyl (C=O) groups excluding carboxylic acids is 1. The summed E-state index contributed by atoms with van der Waals surface area (Å²) < 4.78 is 0. The van der Waals surface area contributed by atoms with E-state index < -0.39 is 0 Å². The molecule has 1 heterocycles. The van der Waals surface area contributed by atoms with Crippen molar-refractivity contribution in [1.82, 2.24) is 20.5 Å². The number of carbonyl (C=O) groups is 1. The highest BCUT2D eigenvalue weighted by molar-refractivity contribution is 5.95. The van der Waals surface area contributed by atoms with E-state index in [9.17, 15) is 9.90 Å². The van der Waals surface area contributed by atoms with Crippen LogP contribution < -0.4 is 5.32 Å². The zero-order chi connectivity index (χ0) is 16.0. The van der Waals surface area contributed by atoms with Gasteiger partial charge in [0.2, 0.25) is 0 Å². The number of hydrogen-bond acceptors (Lipinski definition) is 4. The molecule has 0 unspecified atom stereocenters. The van der Waals surface area contributed by atoms with Crippen LogP contribution >= 0.6 is 0 Å². The van der Waals surface area contributed by atoms with Gasteiger partial charge in [-0.1, -0.05) is 26.0 Å². The third kappa shape index (κ3) is 3.51. The van der Waals surface area contributed by atoms with Gasteiger partial charge in [-0.05, 0) is 25.0 Å². The van der Waals surface area contributed by atoms with Crippen molar-refractivity contribution in [2.24, 2.45) is 5.41 Å². The number of aliphatic hydroxyl groups excluding tert-OH is 1. The Morgan fingerprint density at radius 3 is 2.73 bits per heavy atom. The molecule has 1 aromatic heterocycles. The summed E-state index contributed by atoms with van der Waals surface area (Å²) in [6, 6.07) is 7.21. The molecule has 0 aliphatic rings. The van der Waals surface area contributed by atoms with Crippen molar-refractivity contribution in [3.05, 3.63) is 36.2 Å². The smallest absolute Gasteiger partial charge is 0.251 e. The first-order valence-electron chi connectivity index (χ1n) is 7.49. The average molecular weight is 302 g/mol. The summed E-state index contributed by atoms with van der Waals surface area (Å²) in [7, 11) is 0. The van der Waals surface area contributed by atoms with Gasteiger partial charge in [-0.2, -0.15) is 5.10 Å². The number of rotatable bonds is 7. The lowest BCUT2D eigenvalue weighted by molar-refractivity contribution is 0.0851. The summed E-state index contributed by atoms with van der Waals surface area (Å²) in [5, 5.41) is 19.1. The fourth-order valence-electron chi connectivity index (χ4n) is 2.30. The maximum atomic E-state index is 12.3. The van der Waals surface area contributed by atoms with Gasteiger partial charge in [0.1, 0.15) is 6.33 Å². The normalized spacial score (nSPS) is 11.4. The minimum Gasteiger partial charge on any atom is -0.396 e. The van der Waals surface area contributed by atoms with E-state index in [-0.39, 0.29) is 17.9 Å². The number of aromatic nitrogens is 3. The monoisotopic (exact) mass is 302 g/mol. The Morgan fingerprint density at radius 1 is 1.36 bits per heavy atom. The zero-order valence-corrected chi connectivity index (χ0v) is 13.0. The molecule has 1 amide bonds.